The summed E-state index contributed by atoms with van der Waals surface area (Å²) >= 11 is 0. The molecular formula is C15H13LiO2. The Kier molecular flexibility index (Phi) is 5.87. The molecule has 0 spiro atoms. The Morgan fingerprint density at radius 3 is 2.28 bits per heavy atom. The molecule has 0 amide bonds. The van der Waals surface area contributed by atoms with Crippen LogP contribution in [0.25, 0.3) is 0 Å². The first-order valence-corrected chi connectivity index (χ1v) is 5.49. The molecule has 3 heteroatoms. The van der Waals surface area contributed by atoms with Crippen molar-refractivity contribution in [1.82, 2.24) is 0 Å². The number of aliphatic hydroxyl groups excluding tert-OH is 1. The minimum atomic E-state index is -0.487. The molecule has 2 aromatic carbocycles. The van der Waals surface area contributed by atoms with Crippen LogP contribution < -0.4 is 18.9 Å². The summed E-state index contributed by atoms with van der Waals surface area (Å²) in [7, 11) is 0. The first-order chi connectivity index (χ1) is 8.33. The van der Waals surface area contributed by atoms with Crippen LogP contribution in [0, 0.1) is 6.07 Å². The van der Waals surface area contributed by atoms with Gasteiger partial charge in [0.1, 0.15) is 5.78 Å². The molecule has 0 aliphatic heterocycles. The van der Waals surface area contributed by atoms with E-state index in [0.717, 1.165) is 5.56 Å². The van der Waals surface area contributed by atoms with Gasteiger partial charge in [0, 0.05) is 0 Å². The van der Waals surface area contributed by atoms with Gasteiger partial charge < -0.3 is 5.11 Å². The molecule has 2 rings (SSSR count). The van der Waals surface area contributed by atoms with E-state index in [1.54, 1.807) is 24.3 Å². The summed E-state index contributed by atoms with van der Waals surface area (Å²) in [5.74, 6) is -0.550. The van der Waals surface area contributed by atoms with Gasteiger partial charge in [0.15, 0.2) is 0 Å². The fourth-order valence-corrected chi connectivity index (χ4v) is 1.78. The predicted octanol–water partition coefficient (Wildman–Crippen LogP) is -0.550. The molecule has 0 saturated carbocycles. The van der Waals surface area contributed by atoms with Crippen LogP contribution in [0.2, 0.25) is 0 Å². The molecule has 0 aliphatic carbocycles. The zero-order valence-electron chi connectivity index (χ0n) is 10.3. The number of hydrogen-bond acceptors (Lipinski definition) is 2. The molecule has 0 radical (unpaired) electrons. The van der Waals surface area contributed by atoms with Gasteiger partial charge in [0.25, 0.3) is 0 Å². The third-order valence-electron chi connectivity index (χ3n) is 2.70. The Labute approximate surface area is 119 Å². The normalized spacial score (nSPS) is 11.4. The first-order valence-electron chi connectivity index (χ1n) is 5.49. The van der Waals surface area contributed by atoms with Crippen molar-refractivity contribution in [2.45, 2.75) is 5.92 Å². The Morgan fingerprint density at radius 2 is 1.72 bits per heavy atom. The largest absolute Gasteiger partial charge is 1.00 e. The number of ketones is 1. The van der Waals surface area contributed by atoms with Crippen LogP contribution in [-0.4, -0.2) is 17.5 Å². The second-order valence-corrected chi connectivity index (χ2v) is 3.80. The first kappa shape index (κ1) is 14.7. The van der Waals surface area contributed by atoms with E-state index in [2.05, 4.69) is 6.07 Å². The maximum Gasteiger partial charge on any atom is 1.00 e. The number of hydrogen-bond donors (Lipinski definition) is 1. The van der Waals surface area contributed by atoms with E-state index < -0.39 is 5.92 Å². The van der Waals surface area contributed by atoms with Crippen molar-refractivity contribution in [1.29, 1.82) is 0 Å². The van der Waals surface area contributed by atoms with Gasteiger partial charge in [-0.2, -0.15) is 30.3 Å². The van der Waals surface area contributed by atoms with E-state index in [9.17, 15) is 9.90 Å². The van der Waals surface area contributed by atoms with Crippen LogP contribution in [0.3, 0.4) is 0 Å². The van der Waals surface area contributed by atoms with E-state index >= 15 is 0 Å². The van der Waals surface area contributed by atoms with Gasteiger partial charge >= 0.3 is 18.9 Å². The summed E-state index contributed by atoms with van der Waals surface area (Å²) in [6.07, 6.45) is 0. The van der Waals surface area contributed by atoms with Gasteiger partial charge in [0.05, 0.1) is 12.5 Å². The summed E-state index contributed by atoms with van der Waals surface area (Å²) in [6.45, 7) is -0.179. The number of aliphatic hydroxyl groups is 1. The van der Waals surface area contributed by atoms with Gasteiger partial charge in [-0.15, -0.1) is 0 Å². The molecule has 0 bridgehead atoms. The SMILES string of the molecule is O=C(c1cc[c-]cc1)C(CO)c1ccccc1.[Li+]. The molecule has 2 aromatic rings. The topological polar surface area (TPSA) is 37.3 Å². The standard InChI is InChI=1S/C15H13O2.Li/c16-11-14(12-7-3-1-4-8-12)15(17)13-9-5-2-6-10-13;/h1,3-10,14,16H,11H2;/q-1;+1. The van der Waals surface area contributed by atoms with Crippen LogP contribution in [0.5, 0.6) is 0 Å². The maximum absolute atomic E-state index is 12.2. The Hall–Kier alpha value is -1.33. The molecule has 0 aromatic heterocycles. The zero-order valence-corrected chi connectivity index (χ0v) is 10.3. The van der Waals surface area contributed by atoms with Crippen molar-refractivity contribution in [3.63, 3.8) is 0 Å². The molecular weight excluding hydrogens is 219 g/mol. The average molecular weight is 232 g/mol. The van der Waals surface area contributed by atoms with Crippen molar-refractivity contribution in [2.24, 2.45) is 0 Å². The van der Waals surface area contributed by atoms with E-state index in [4.69, 9.17) is 0 Å². The third kappa shape index (κ3) is 3.33. The van der Waals surface area contributed by atoms with Gasteiger partial charge in [0.2, 0.25) is 0 Å². The Bertz CT molecular complexity index is 482. The fourth-order valence-electron chi connectivity index (χ4n) is 1.78. The van der Waals surface area contributed by atoms with E-state index in [-0.39, 0.29) is 31.3 Å². The molecule has 1 atom stereocenters. The number of Topliss-reactive ketones (excluding diaryl/α,β-unsaturated/α-hetero) is 1. The van der Waals surface area contributed by atoms with Crippen LogP contribution in [0.15, 0.2) is 54.6 Å². The summed E-state index contributed by atoms with van der Waals surface area (Å²) in [4.78, 5) is 12.2. The Morgan fingerprint density at radius 1 is 1.11 bits per heavy atom. The van der Waals surface area contributed by atoms with Crippen LogP contribution >= 0.6 is 0 Å². The minimum Gasteiger partial charge on any atom is -0.395 e. The number of carbonyl (C=O) groups is 1. The van der Waals surface area contributed by atoms with E-state index in [1.165, 1.54) is 0 Å². The number of benzene rings is 2. The third-order valence-corrected chi connectivity index (χ3v) is 2.70. The summed E-state index contributed by atoms with van der Waals surface area (Å²) in [5.41, 5.74) is 1.44. The van der Waals surface area contributed by atoms with Crippen LogP contribution in [0.1, 0.15) is 21.8 Å². The molecule has 1 unspecified atom stereocenters. The van der Waals surface area contributed by atoms with Gasteiger partial charge in [-0.25, -0.2) is 0 Å². The van der Waals surface area contributed by atoms with Crippen LogP contribution in [0.4, 0.5) is 0 Å². The van der Waals surface area contributed by atoms with E-state index in [1.807, 2.05) is 30.3 Å². The molecule has 0 fully saturated rings. The average Bonchev–Trinajstić information content (AvgIpc) is 2.42. The van der Waals surface area contributed by atoms with Crippen molar-refractivity contribution >= 4 is 5.78 Å². The molecule has 86 valence electrons. The summed E-state index contributed by atoms with van der Waals surface area (Å²) in [5, 5.41) is 9.38. The molecule has 18 heavy (non-hydrogen) atoms. The Balaban J connectivity index is 0.00000162. The summed E-state index contributed by atoms with van der Waals surface area (Å²) < 4.78 is 0. The monoisotopic (exact) mass is 232 g/mol. The molecule has 0 aliphatic rings. The maximum atomic E-state index is 12.2. The number of rotatable bonds is 4. The molecule has 0 heterocycles. The minimum absolute atomic E-state index is 0. The fraction of sp³-hybridized carbons (Fsp3) is 0.133. The predicted molar refractivity (Wildman–Crippen MR) is 65.9 cm³/mol. The van der Waals surface area contributed by atoms with Crippen molar-refractivity contribution in [3.05, 3.63) is 71.8 Å². The van der Waals surface area contributed by atoms with Crippen molar-refractivity contribution in [2.75, 3.05) is 6.61 Å². The van der Waals surface area contributed by atoms with Gasteiger partial charge in [-0.1, -0.05) is 35.9 Å². The van der Waals surface area contributed by atoms with Crippen molar-refractivity contribution in [3.8, 4) is 0 Å². The summed E-state index contributed by atoms with van der Waals surface area (Å²) in [6, 6.07) is 19.0. The molecule has 1 N–H and O–H groups in total. The molecule has 0 saturated heterocycles. The van der Waals surface area contributed by atoms with E-state index in [0.29, 0.717) is 5.56 Å². The molecule has 2 nitrogen and oxygen atoms in total. The smallest absolute Gasteiger partial charge is 0.395 e. The quantitative estimate of drug-likeness (QED) is 0.436. The van der Waals surface area contributed by atoms with Crippen molar-refractivity contribution < 1.29 is 28.8 Å². The second kappa shape index (κ2) is 7.18. The second-order valence-electron chi connectivity index (χ2n) is 3.80. The van der Waals surface area contributed by atoms with Gasteiger partial charge in [-0.05, 0) is 5.56 Å². The van der Waals surface area contributed by atoms with Crippen LogP contribution in [-0.2, 0) is 0 Å². The zero-order chi connectivity index (χ0) is 12.1. The number of carbonyl (C=O) groups excluding carboxylic acids is 1. The van der Waals surface area contributed by atoms with Gasteiger partial charge in [-0.3, -0.25) is 4.79 Å².